The highest BCUT2D eigenvalue weighted by molar-refractivity contribution is 7.92. The van der Waals surface area contributed by atoms with Gasteiger partial charge in [-0.05, 0) is 41.8 Å². The second-order valence-corrected chi connectivity index (χ2v) is 12.1. The molecule has 0 radical (unpaired) electrons. The maximum atomic E-state index is 13.7. The largest absolute Gasteiger partial charge is 0.366 e. The predicted molar refractivity (Wildman–Crippen MR) is 159 cm³/mol. The number of nitrogens with two attached hydrogens (primary N) is 1. The van der Waals surface area contributed by atoms with E-state index in [1.165, 1.54) is 0 Å². The van der Waals surface area contributed by atoms with Crippen molar-refractivity contribution >= 4 is 44.8 Å². The van der Waals surface area contributed by atoms with Gasteiger partial charge in [-0.1, -0.05) is 66.2 Å². The van der Waals surface area contributed by atoms with Crippen LogP contribution in [0.3, 0.4) is 0 Å². The van der Waals surface area contributed by atoms with Crippen molar-refractivity contribution in [2.24, 2.45) is 5.73 Å². The molecule has 0 bridgehead atoms. The van der Waals surface area contributed by atoms with E-state index in [9.17, 15) is 18.0 Å². The summed E-state index contributed by atoms with van der Waals surface area (Å²) in [5, 5.41) is 3.48. The molecule has 2 atom stereocenters. The lowest BCUT2D eigenvalue weighted by Gasteiger charge is -2.38. The molecular formula is C29H34ClN5O4S. The fourth-order valence-electron chi connectivity index (χ4n) is 4.72. The summed E-state index contributed by atoms with van der Waals surface area (Å²) >= 11 is 6.04. The number of carbonyl (C=O) groups excluding carboxylic acids is 2. The molecule has 1 aliphatic heterocycles. The molecule has 3 aromatic carbocycles. The molecule has 2 unspecified atom stereocenters. The van der Waals surface area contributed by atoms with Gasteiger partial charge in [0.25, 0.3) is 0 Å². The van der Waals surface area contributed by atoms with Crippen molar-refractivity contribution in [3.05, 3.63) is 95.0 Å². The van der Waals surface area contributed by atoms with Crippen LogP contribution in [0, 0.1) is 0 Å². The third kappa shape index (κ3) is 8.20. The number of rotatable bonds is 10. The first-order valence-corrected chi connectivity index (χ1v) is 15.3. The third-order valence-electron chi connectivity index (χ3n) is 6.73. The van der Waals surface area contributed by atoms with Gasteiger partial charge in [-0.3, -0.25) is 14.3 Å². The van der Waals surface area contributed by atoms with Crippen molar-refractivity contribution < 1.29 is 18.0 Å². The van der Waals surface area contributed by atoms with Gasteiger partial charge in [-0.15, -0.1) is 0 Å². The Morgan fingerprint density at radius 3 is 2.12 bits per heavy atom. The van der Waals surface area contributed by atoms with Crippen molar-refractivity contribution in [1.82, 2.24) is 10.2 Å². The van der Waals surface area contributed by atoms with E-state index in [2.05, 4.69) is 10.0 Å². The summed E-state index contributed by atoms with van der Waals surface area (Å²) in [5.41, 5.74) is 9.26. The standard InChI is InChI=1S/C29H34ClN5O4S/c1-40(38,39)33-25-9-5-6-10-27(25)34-15-17-35(18-16-34)29(37)26(20-22-11-13-23(30)14-12-22)32-28(36)24(31)19-21-7-3-2-4-8-21/h2-14,24,26,33H,15-20,31H2,1H3,(H,32,36). The van der Waals surface area contributed by atoms with Gasteiger partial charge in [0.05, 0.1) is 23.7 Å². The maximum Gasteiger partial charge on any atom is 0.245 e. The molecule has 9 nitrogen and oxygen atoms in total. The number of benzene rings is 3. The summed E-state index contributed by atoms with van der Waals surface area (Å²) in [6.07, 6.45) is 1.76. The zero-order valence-corrected chi connectivity index (χ0v) is 23.9. The fraction of sp³-hybridized carbons (Fsp3) is 0.310. The molecule has 11 heteroatoms. The van der Waals surface area contributed by atoms with Crippen molar-refractivity contribution in [1.29, 1.82) is 0 Å². The van der Waals surface area contributed by atoms with Gasteiger partial charge in [0.15, 0.2) is 0 Å². The number of hydrogen-bond acceptors (Lipinski definition) is 6. The molecule has 40 heavy (non-hydrogen) atoms. The minimum absolute atomic E-state index is 0.197. The molecular weight excluding hydrogens is 550 g/mol. The van der Waals surface area contributed by atoms with Crippen molar-refractivity contribution in [3.8, 4) is 0 Å². The molecule has 3 aromatic rings. The van der Waals surface area contributed by atoms with Crippen molar-refractivity contribution in [3.63, 3.8) is 0 Å². The summed E-state index contributed by atoms with van der Waals surface area (Å²) in [7, 11) is -3.44. The summed E-state index contributed by atoms with van der Waals surface area (Å²) in [6, 6.07) is 22.2. The molecule has 2 amide bonds. The lowest BCUT2D eigenvalue weighted by molar-refractivity contribution is -0.137. The van der Waals surface area contributed by atoms with Crippen LogP contribution in [-0.4, -0.2) is 69.7 Å². The quantitative estimate of drug-likeness (QED) is 0.337. The predicted octanol–water partition coefficient (Wildman–Crippen LogP) is 2.66. The zero-order chi connectivity index (χ0) is 28.7. The van der Waals surface area contributed by atoms with Gasteiger partial charge in [0.2, 0.25) is 21.8 Å². The zero-order valence-electron chi connectivity index (χ0n) is 22.3. The molecule has 0 saturated carbocycles. The van der Waals surface area contributed by atoms with Crippen LogP contribution in [-0.2, 0) is 32.5 Å². The average Bonchev–Trinajstić information content (AvgIpc) is 2.93. The topological polar surface area (TPSA) is 125 Å². The van der Waals surface area contributed by atoms with Gasteiger partial charge in [-0.25, -0.2) is 8.42 Å². The van der Waals surface area contributed by atoms with Gasteiger partial charge < -0.3 is 20.9 Å². The molecule has 1 saturated heterocycles. The van der Waals surface area contributed by atoms with Crippen molar-refractivity contribution in [2.75, 3.05) is 42.1 Å². The number of nitrogens with zero attached hydrogens (tertiary/aromatic N) is 2. The first-order valence-electron chi connectivity index (χ1n) is 13.0. The molecule has 0 aromatic heterocycles. The smallest absolute Gasteiger partial charge is 0.245 e. The fourth-order valence-corrected chi connectivity index (χ4v) is 5.42. The van der Waals surface area contributed by atoms with Crippen LogP contribution < -0.4 is 20.7 Å². The van der Waals surface area contributed by atoms with E-state index in [1.807, 2.05) is 59.5 Å². The van der Waals surface area contributed by atoms with Crippen LogP contribution in [0.15, 0.2) is 78.9 Å². The Morgan fingerprint density at radius 1 is 0.875 bits per heavy atom. The molecule has 4 rings (SSSR count). The minimum atomic E-state index is -3.44. The minimum Gasteiger partial charge on any atom is -0.366 e. The lowest BCUT2D eigenvalue weighted by Crippen LogP contribution is -2.57. The number of halogens is 1. The Bertz CT molecular complexity index is 1410. The number of piperazine rings is 1. The lowest BCUT2D eigenvalue weighted by atomic mass is 10.0. The molecule has 212 valence electrons. The SMILES string of the molecule is CS(=O)(=O)Nc1ccccc1N1CCN(C(=O)C(Cc2ccc(Cl)cc2)NC(=O)C(N)Cc2ccccc2)CC1. The molecule has 4 N–H and O–H groups in total. The van der Waals surface area contributed by atoms with Crippen LogP contribution >= 0.6 is 11.6 Å². The summed E-state index contributed by atoms with van der Waals surface area (Å²) in [5.74, 6) is -0.590. The molecule has 1 heterocycles. The van der Waals surface area contributed by atoms with Gasteiger partial charge in [-0.2, -0.15) is 0 Å². The molecule has 1 fully saturated rings. The van der Waals surface area contributed by atoms with Crippen LogP contribution in [0.25, 0.3) is 0 Å². The van der Waals surface area contributed by atoms with Gasteiger partial charge >= 0.3 is 0 Å². The summed E-state index contributed by atoms with van der Waals surface area (Å²) in [6.45, 7) is 1.83. The van der Waals surface area contributed by atoms with E-state index < -0.39 is 28.0 Å². The van der Waals surface area contributed by atoms with Crippen LogP contribution in [0.4, 0.5) is 11.4 Å². The van der Waals surface area contributed by atoms with E-state index in [-0.39, 0.29) is 5.91 Å². The highest BCUT2D eigenvalue weighted by Crippen LogP contribution is 2.27. The first-order chi connectivity index (χ1) is 19.1. The van der Waals surface area contributed by atoms with E-state index in [0.29, 0.717) is 49.7 Å². The summed E-state index contributed by atoms with van der Waals surface area (Å²) < 4.78 is 26.2. The Balaban J connectivity index is 1.45. The Kier molecular flexibility index (Phi) is 9.67. The van der Waals surface area contributed by atoms with E-state index in [0.717, 1.165) is 23.1 Å². The number of sulfonamides is 1. The third-order valence-corrected chi connectivity index (χ3v) is 7.58. The second-order valence-electron chi connectivity index (χ2n) is 9.89. The number of anilines is 2. The van der Waals surface area contributed by atoms with Gasteiger partial charge in [0, 0.05) is 37.6 Å². The Hall–Kier alpha value is -3.60. The van der Waals surface area contributed by atoms with E-state index in [4.69, 9.17) is 17.3 Å². The number of nitrogens with one attached hydrogen (secondary N) is 2. The molecule has 0 spiro atoms. The number of carbonyl (C=O) groups is 2. The number of hydrogen-bond donors (Lipinski definition) is 3. The first kappa shape index (κ1) is 29.4. The second kappa shape index (κ2) is 13.2. The molecule has 0 aliphatic carbocycles. The van der Waals surface area contributed by atoms with Crippen molar-refractivity contribution in [2.45, 2.75) is 24.9 Å². The van der Waals surface area contributed by atoms with Crippen LogP contribution in [0.1, 0.15) is 11.1 Å². The summed E-state index contributed by atoms with van der Waals surface area (Å²) in [4.78, 5) is 30.6. The Labute approximate surface area is 240 Å². The highest BCUT2D eigenvalue weighted by atomic mass is 35.5. The maximum absolute atomic E-state index is 13.7. The average molecular weight is 584 g/mol. The number of para-hydroxylation sites is 2. The van der Waals surface area contributed by atoms with E-state index >= 15 is 0 Å². The van der Waals surface area contributed by atoms with Crippen LogP contribution in [0.2, 0.25) is 5.02 Å². The number of amides is 2. The highest BCUT2D eigenvalue weighted by Gasteiger charge is 2.31. The normalized spacial score (nSPS) is 15.3. The van der Waals surface area contributed by atoms with Gasteiger partial charge in [0.1, 0.15) is 6.04 Å². The van der Waals surface area contributed by atoms with Crippen LogP contribution in [0.5, 0.6) is 0 Å². The van der Waals surface area contributed by atoms with E-state index in [1.54, 1.807) is 29.2 Å². The Morgan fingerprint density at radius 2 is 1.48 bits per heavy atom. The molecule has 1 aliphatic rings. The monoisotopic (exact) mass is 583 g/mol.